The molecule has 0 radical (unpaired) electrons. The summed E-state index contributed by atoms with van der Waals surface area (Å²) >= 11 is 0. The predicted molar refractivity (Wildman–Crippen MR) is 66.8 cm³/mol. The highest BCUT2D eigenvalue weighted by atomic mass is 16.5. The Morgan fingerprint density at radius 3 is 2.94 bits per heavy atom. The van der Waals surface area contributed by atoms with Crippen LogP contribution in [-0.2, 0) is 9.53 Å². The number of carbonyl (C=O) groups is 1. The van der Waals surface area contributed by atoms with Gasteiger partial charge in [-0.05, 0) is 31.6 Å². The summed E-state index contributed by atoms with van der Waals surface area (Å²) in [6.45, 7) is 6.04. The molecule has 0 aromatic heterocycles. The molecule has 0 aromatic rings. The van der Waals surface area contributed by atoms with Gasteiger partial charge in [-0.2, -0.15) is 0 Å². The second kappa shape index (κ2) is 5.83. The van der Waals surface area contributed by atoms with Crippen molar-refractivity contribution in [2.24, 2.45) is 5.92 Å². The zero-order valence-electron chi connectivity index (χ0n) is 10.9. The van der Waals surface area contributed by atoms with E-state index in [9.17, 15) is 4.79 Å². The van der Waals surface area contributed by atoms with Crippen molar-refractivity contribution in [3.63, 3.8) is 0 Å². The molecular formula is C13H24N2O2. The fourth-order valence-electron chi connectivity index (χ4n) is 2.66. The van der Waals surface area contributed by atoms with Gasteiger partial charge in [-0.1, -0.05) is 13.8 Å². The lowest BCUT2D eigenvalue weighted by Gasteiger charge is -2.35. The fraction of sp³-hybridized carbons (Fsp3) is 0.923. The topological polar surface area (TPSA) is 50.4 Å². The Kier molecular flexibility index (Phi) is 4.40. The number of ether oxygens (including phenoxy) is 1. The number of hydrogen-bond acceptors (Lipinski definition) is 3. The van der Waals surface area contributed by atoms with Crippen LogP contribution >= 0.6 is 0 Å². The van der Waals surface area contributed by atoms with Crippen molar-refractivity contribution >= 4 is 5.91 Å². The number of rotatable bonds is 3. The van der Waals surface area contributed by atoms with E-state index in [0.29, 0.717) is 18.1 Å². The molecule has 17 heavy (non-hydrogen) atoms. The lowest BCUT2D eigenvalue weighted by atomic mass is 9.94. The average Bonchev–Trinajstić information content (AvgIpc) is 2.32. The molecule has 2 rings (SSSR count). The van der Waals surface area contributed by atoms with E-state index in [2.05, 4.69) is 24.5 Å². The SMILES string of the molecule is CC(C)C1CC(NC2CCCNC2=O)CCO1. The molecule has 2 saturated heterocycles. The monoisotopic (exact) mass is 240 g/mol. The first kappa shape index (κ1) is 12.8. The van der Waals surface area contributed by atoms with Gasteiger partial charge in [0.15, 0.2) is 0 Å². The largest absolute Gasteiger partial charge is 0.378 e. The van der Waals surface area contributed by atoms with Crippen LogP contribution in [-0.4, -0.2) is 37.2 Å². The van der Waals surface area contributed by atoms with E-state index in [-0.39, 0.29) is 11.9 Å². The van der Waals surface area contributed by atoms with Crippen LogP contribution in [0, 0.1) is 5.92 Å². The van der Waals surface area contributed by atoms with Crippen LogP contribution in [0.4, 0.5) is 0 Å². The lowest BCUT2D eigenvalue weighted by Crippen LogP contribution is -2.53. The van der Waals surface area contributed by atoms with Crippen LogP contribution in [0.5, 0.6) is 0 Å². The summed E-state index contributed by atoms with van der Waals surface area (Å²) in [5.74, 6) is 0.726. The Labute approximate surface area is 103 Å². The maximum atomic E-state index is 11.7. The minimum atomic E-state index is 0.0136. The minimum Gasteiger partial charge on any atom is -0.378 e. The van der Waals surface area contributed by atoms with Crippen LogP contribution in [0.25, 0.3) is 0 Å². The van der Waals surface area contributed by atoms with E-state index in [1.165, 1.54) is 0 Å². The first-order valence-electron chi connectivity index (χ1n) is 6.82. The number of nitrogens with one attached hydrogen (secondary N) is 2. The Hall–Kier alpha value is -0.610. The molecule has 0 aliphatic carbocycles. The molecule has 4 heteroatoms. The van der Waals surface area contributed by atoms with Crippen molar-refractivity contribution in [1.29, 1.82) is 0 Å². The molecule has 1 amide bonds. The number of piperidine rings is 1. The summed E-state index contributed by atoms with van der Waals surface area (Å²) in [4.78, 5) is 11.7. The van der Waals surface area contributed by atoms with E-state index < -0.39 is 0 Å². The number of hydrogen-bond donors (Lipinski definition) is 2. The molecule has 2 aliphatic heterocycles. The van der Waals surface area contributed by atoms with Crippen molar-refractivity contribution in [3.05, 3.63) is 0 Å². The molecule has 2 N–H and O–H groups in total. The fourth-order valence-corrected chi connectivity index (χ4v) is 2.66. The van der Waals surface area contributed by atoms with Crippen LogP contribution in [0.1, 0.15) is 39.5 Å². The molecule has 0 saturated carbocycles. The van der Waals surface area contributed by atoms with Crippen LogP contribution in [0.15, 0.2) is 0 Å². The Morgan fingerprint density at radius 2 is 2.24 bits per heavy atom. The van der Waals surface area contributed by atoms with E-state index in [0.717, 1.165) is 38.8 Å². The Bertz CT molecular complexity index is 268. The molecule has 2 heterocycles. The van der Waals surface area contributed by atoms with Gasteiger partial charge < -0.3 is 15.4 Å². The maximum Gasteiger partial charge on any atom is 0.237 e. The third-order valence-corrected chi connectivity index (χ3v) is 3.78. The van der Waals surface area contributed by atoms with Gasteiger partial charge in [-0.15, -0.1) is 0 Å². The van der Waals surface area contributed by atoms with Gasteiger partial charge in [0.1, 0.15) is 0 Å². The highest BCUT2D eigenvalue weighted by Crippen LogP contribution is 2.21. The van der Waals surface area contributed by atoms with E-state index in [1.54, 1.807) is 0 Å². The van der Waals surface area contributed by atoms with E-state index in [4.69, 9.17) is 4.74 Å². The summed E-state index contributed by atoms with van der Waals surface area (Å²) in [5.41, 5.74) is 0. The summed E-state index contributed by atoms with van der Waals surface area (Å²) in [7, 11) is 0. The van der Waals surface area contributed by atoms with Crippen molar-refractivity contribution in [2.45, 2.75) is 57.7 Å². The van der Waals surface area contributed by atoms with Crippen molar-refractivity contribution in [1.82, 2.24) is 10.6 Å². The molecule has 2 fully saturated rings. The predicted octanol–water partition coefficient (Wildman–Crippen LogP) is 1.06. The summed E-state index contributed by atoms with van der Waals surface area (Å²) < 4.78 is 5.75. The maximum absolute atomic E-state index is 11.7. The summed E-state index contributed by atoms with van der Waals surface area (Å²) in [6, 6.07) is 0.449. The molecular weight excluding hydrogens is 216 g/mol. The molecule has 98 valence electrons. The van der Waals surface area contributed by atoms with Gasteiger partial charge in [0, 0.05) is 19.2 Å². The molecule has 0 bridgehead atoms. The number of carbonyl (C=O) groups excluding carboxylic acids is 1. The quantitative estimate of drug-likeness (QED) is 0.775. The second-order valence-corrected chi connectivity index (χ2v) is 5.53. The zero-order chi connectivity index (χ0) is 12.3. The summed E-state index contributed by atoms with van der Waals surface area (Å²) in [5, 5.41) is 6.42. The molecule has 2 aliphatic rings. The first-order valence-corrected chi connectivity index (χ1v) is 6.82. The molecule has 3 atom stereocenters. The van der Waals surface area contributed by atoms with Gasteiger partial charge in [-0.25, -0.2) is 0 Å². The zero-order valence-corrected chi connectivity index (χ0v) is 10.9. The average molecular weight is 240 g/mol. The second-order valence-electron chi connectivity index (χ2n) is 5.53. The molecule has 0 spiro atoms. The van der Waals surface area contributed by atoms with Crippen LogP contribution in [0.3, 0.4) is 0 Å². The molecule has 3 unspecified atom stereocenters. The third kappa shape index (κ3) is 3.42. The lowest BCUT2D eigenvalue weighted by molar-refractivity contribution is -0.125. The van der Waals surface area contributed by atoms with Gasteiger partial charge in [0.05, 0.1) is 12.1 Å². The normalized spacial score (nSPS) is 34.8. The highest BCUT2D eigenvalue weighted by molar-refractivity contribution is 5.82. The highest BCUT2D eigenvalue weighted by Gasteiger charge is 2.29. The smallest absolute Gasteiger partial charge is 0.237 e. The Balaban J connectivity index is 1.83. The van der Waals surface area contributed by atoms with Crippen molar-refractivity contribution in [2.75, 3.05) is 13.2 Å². The standard InChI is InChI=1S/C13H24N2O2/c1-9(2)12-8-10(5-7-17-12)15-11-4-3-6-14-13(11)16/h9-12,15H,3-8H2,1-2H3,(H,14,16). The van der Waals surface area contributed by atoms with Gasteiger partial charge in [0.2, 0.25) is 5.91 Å². The van der Waals surface area contributed by atoms with Gasteiger partial charge in [0.25, 0.3) is 0 Å². The van der Waals surface area contributed by atoms with Gasteiger partial charge in [-0.3, -0.25) is 4.79 Å². The van der Waals surface area contributed by atoms with Crippen LogP contribution in [0.2, 0.25) is 0 Å². The van der Waals surface area contributed by atoms with E-state index >= 15 is 0 Å². The third-order valence-electron chi connectivity index (χ3n) is 3.78. The van der Waals surface area contributed by atoms with Crippen molar-refractivity contribution < 1.29 is 9.53 Å². The van der Waals surface area contributed by atoms with E-state index in [1.807, 2.05) is 0 Å². The first-order chi connectivity index (χ1) is 8.16. The number of amides is 1. The van der Waals surface area contributed by atoms with Crippen LogP contribution < -0.4 is 10.6 Å². The Morgan fingerprint density at radius 1 is 1.41 bits per heavy atom. The van der Waals surface area contributed by atoms with Crippen molar-refractivity contribution in [3.8, 4) is 0 Å². The summed E-state index contributed by atoms with van der Waals surface area (Å²) in [6.07, 6.45) is 4.44. The molecule has 4 nitrogen and oxygen atoms in total. The molecule has 0 aromatic carbocycles. The minimum absolute atomic E-state index is 0.0136. The van der Waals surface area contributed by atoms with Gasteiger partial charge >= 0.3 is 0 Å².